The zero-order chi connectivity index (χ0) is 11.3. The van der Waals surface area contributed by atoms with E-state index in [9.17, 15) is 4.79 Å². The first-order chi connectivity index (χ1) is 7.20. The second-order valence-electron chi connectivity index (χ2n) is 2.77. The summed E-state index contributed by atoms with van der Waals surface area (Å²) >= 11 is 0. The molecule has 82 valence electrons. The molecule has 0 spiro atoms. The van der Waals surface area contributed by atoms with Crippen LogP contribution in [0, 0.1) is 0 Å². The molecule has 0 aliphatic heterocycles. The zero-order valence-electron chi connectivity index (χ0n) is 8.65. The van der Waals surface area contributed by atoms with Crippen LogP contribution in [0.2, 0.25) is 0 Å². The number of ether oxygens (including phenoxy) is 3. The lowest BCUT2D eigenvalue weighted by atomic mass is 10.2. The Hall–Kier alpha value is -1.75. The van der Waals surface area contributed by atoms with Gasteiger partial charge in [-0.15, -0.1) is 0 Å². The number of methoxy groups -OCH3 is 2. The summed E-state index contributed by atoms with van der Waals surface area (Å²) in [4.78, 5) is 11.4. The Labute approximate surface area is 87.7 Å². The van der Waals surface area contributed by atoms with Crippen molar-refractivity contribution in [3.63, 3.8) is 0 Å². The van der Waals surface area contributed by atoms with Gasteiger partial charge in [0.15, 0.2) is 12.5 Å². The summed E-state index contributed by atoms with van der Waals surface area (Å²) in [7, 11) is 2.78. The van der Waals surface area contributed by atoms with Gasteiger partial charge in [0.2, 0.25) is 0 Å². The molecule has 1 aromatic carbocycles. The van der Waals surface area contributed by atoms with E-state index in [2.05, 4.69) is 4.74 Å². The van der Waals surface area contributed by atoms with E-state index < -0.39 is 5.97 Å². The van der Waals surface area contributed by atoms with E-state index >= 15 is 0 Å². The Morgan fingerprint density at radius 1 is 1.40 bits per heavy atom. The largest absolute Gasteiger partial charge is 0.465 e. The minimum Gasteiger partial charge on any atom is -0.465 e. The van der Waals surface area contributed by atoms with Crippen LogP contribution in [0.3, 0.4) is 0 Å². The molecule has 1 aromatic rings. The average Bonchev–Trinajstić information content (AvgIpc) is 2.26. The third kappa shape index (κ3) is 2.60. The van der Waals surface area contributed by atoms with Crippen LogP contribution in [0.1, 0.15) is 10.4 Å². The first-order valence-electron chi connectivity index (χ1n) is 4.29. The number of hydrogen-bond donors (Lipinski definition) is 1. The highest BCUT2D eigenvalue weighted by molar-refractivity contribution is 5.94. The van der Waals surface area contributed by atoms with Crippen molar-refractivity contribution in [3.8, 4) is 5.75 Å². The number of esters is 1. The number of nitrogens with two attached hydrogens (primary N) is 1. The van der Waals surface area contributed by atoms with Gasteiger partial charge in [0.1, 0.15) is 5.56 Å². The van der Waals surface area contributed by atoms with Crippen LogP contribution < -0.4 is 10.5 Å². The average molecular weight is 211 g/mol. The summed E-state index contributed by atoms with van der Waals surface area (Å²) in [6.45, 7) is 0.0260. The molecule has 2 N–H and O–H groups in total. The van der Waals surface area contributed by atoms with E-state index in [0.717, 1.165) is 0 Å². The van der Waals surface area contributed by atoms with E-state index in [4.69, 9.17) is 15.2 Å². The van der Waals surface area contributed by atoms with Crippen molar-refractivity contribution in [1.29, 1.82) is 0 Å². The van der Waals surface area contributed by atoms with Gasteiger partial charge in [-0.2, -0.15) is 0 Å². The quantitative estimate of drug-likeness (QED) is 0.457. The SMILES string of the molecule is COCOc1c(N)cccc1C(=O)OC. The minimum atomic E-state index is -0.492. The Bertz CT molecular complexity index is 351. The fraction of sp³-hybridized carbons (Fsp3) is 0.300. The number of carbonyl (C=O) groups excluding carboxylic acids is 1. The smallest absolute Gasteiger partial charge is 0.341 e. The fourth-order valence-corrected chi connectivity index (χ4v) is 1.10. The Morgan fingerprint density at radius 3 is 2.73 bits per heavy atom. The lowest BCUT2D eigenvalue weighted by molar-refractivity contribution is 0.0469. The monoisotopic (exact) mass is 211 g/mol. The number of carbonyl (C=O) groups is 1. The maximum Gasteiger partial charge on any atom is 0.341 e. The third-order valence-electron chi connectivity index (χ3n) is 1.77. The van der Waals surface area contributed by atoms with Crippen LogP contribution in [0.15, 0.2) is 18.2 Å². The van der Waals surface area contributed by atoms with E-state index in [1.165, 1.54) is 14.2 Å². The normalized spacial score (nSPS) is 9.73. The van der Waals surface area contributed by atoms with Crippen molar-refractivity contribution < 1.29 is 19.0 Å². The standard InChI is InChI=1S/C10H13NO4/c1-13-6-15-9-7(10(12)14-2)4-3-5-8(9)11/h3-5H,6,11H2,1-2H3. The molecule has 5 nitrogen and oxygen atoms in total. The predicted octanol–water partition coefficient (Wildman–Crippen LogP) is 1.04. The highest BCUT2D eigenvalue weighted by atomic mass is 16.7. The van der Waals surface area contributed by atoms with Crippen molar-refractivity contribution >= 4 is 11.7 Å². The van der Waals surface area contributed by atoms with Crippen LogP contribution >= 0.6 is 0 Å². The van der Waals surface area contributed by atoms with Crippen molar-refractivity contribution in [2.75, 3.05) is 26.7 Å². The molecule has 0 bridgehead atoms. The van der Waals surface area contributed by atoms with Gasteiger partial charge in [-0.05, 0) is 12.1 Å². The minimum absolute atomic E-state index is 0.0260. The van der Waals surface area contributed by atoms with Gasteiger partial charge in [-0.1, -0.05) is 6.07 Å². The number of para-hydroxylation sites is 1. The summed E-state index contributed by atoms with van der Waals surface area (Å²) in [6.07, 6.45) is 0. The highest BCUT2D eigenvalue weighted by Gasteiger charge is 2.15. The van der Waals surface area contributed by atoms with E-state index in [1.807, 2.05) is 0 Å². The molecular weight excluding hydrogens is 198 g/mol. The van der Waals surface area contributed by atoms with Gasteiger partial charge >= 0.3 is 5.97 Å². The number of anilines is 1. The molecule has 0 aliphatic carbocycles. The van der Waals surface area contributed by atoms with Crippen LogP contribution in [0.4, 0.5) is 5.69 Å². The molecule has 0 heterocycles. The van der Waals surface area contributed by atoms with Crippen LogP contribution in [-0.2, 0) is 9.47 Å². The van der Waals surface area contributed by atoms with E-state index in [1.54, 1.807) is 18.2 Å². The molecule has 15 heavy (non-hydrogen) atoms. The van der Waals surface area contributed by atoms with Gasteiger partial charge in [-0.3, -0.25) is 0 Å². The van der Waals surface area contributed by atoms with Gasteiger partial charge in [0.05, 0.1) is 12.8 Å². The van der Waals surface area contributed by atoms with Crippen molar-refractivity contribution in [1.82, 2.24) is 0 Å². The number of hydrogen-bond acceptors (Lipinski definition) is 5. The Kier molecular flexibility index (Phi) is 3.93. The maximum absolute atomic E-state index is 11.4. The van der Waals surface area contributed by atoms with Crippen LogP contribution in [0.5, 0.6) is 5.75 Å². The first kappa shape index (κ1) is 11.3. The lowest BCUT2D eigenvalue weighted by Crippen LogP contribution is -2.09. The second kappa shape index (κ2) is 5.21. The Balaban J connectivity index is 3.03. The third-order valence-corrected chi connectivity index (χ3v) is 1.77. The number of nitrogen functional groups attached to an aromatic ring is 1. The number of rotatable bonds is 4. The summed E-state index contributed by atoms with van der Waals surface area (Å²) < 4.78 is 14.5. The summed E-state index contributed by atoms with van der Waals surface area (Å²) in [5, 5.41) is 0. The molecule has 5 heteroatoms. The maximum atomic E-state index is 11.4. The van der Waals surface area contributed by atoms with Crippen molar-refractivity contribution in [3.05, 3.63) is 23.8 Å². The lowest BCUT2D eigenvalue weighted by Gasteiger charge is -2.11. The topological polar surface area (TPSA) is 70.8 Å². The Morgan fingerprint density at radius 2 is 2.13 bits per heavy atom. The fourth-order valence-electron chi connectivity index (χ4n) is 1.10. The van der Waals surface area contributed by atoms with Crippen molar-refractivity contribution in [2.45, 2.75) is 0 Å². The number of benzene rings is 1. The van der Waals surface area contributed by atoms with E-state index in [0.29, 0.717) is 5.69 Å². The predicted molar refractivity (Wildman–Crippen MR) is 54.7 cm³/mol. The molecule has 0 fully saturated rings. The first-order valence-corrected chi connectivity index (χ1v) is 4.29. The highest BCUT2D eigenvalue weighted by Crippen LogP contribution is 2.26. The van der Waals surface area contributed by atoms with Crippen LogP contribution in [0.25, 0.3) is 0 Å². The molecule has 0 amide bonds. The van der Waals surface area contributed by atoms with Crippen molar-refractivity contribution in [2.24, 2.45) is 0 Å². The molecule has 0 aliphatic rings. The van der Waals surface area contributed by atoms with Gasteiger partial charge in [0, 0.05) is 7.11 Å². The van der Waals surface area contributed by atoms with E-state index in [-0.39, 0.29) is 18.1 Å². The molecular formula is C10H13NO4. The summed E-state index contributed by atoms with van der Waals surface area (Å²) in [6, 6.07) is 4.87. The second-order valence-corrected chi connectivity index (χ2v) is 2.77. The van der Waals surface area contributed by atoms with Gasteiger partial charge in [-0.25, -0.2) is 4.79 Å². The molecule has 0 atom stereocenters. The molecule has 1 rings (SSSR count). The molecule has 0 aromatic heterocycles. The summed E-state index contributed by atoms with van der Waals surface area (Å²) in [5.41, 5.74) is 6.32. The van der Waals surface area contributed by atoms with Gasteiger partial charge in [0.25, 0.3) is 0 Å². The molecule has 0 saturated carbocycles. The summed E-state index contributed by atoms with van der Waals surface area (Å²) in [5.74, 6) is -0.209. The molecule has 0 unspecified atom stereocenters. The van der Waals surface area contributed by atoms with Crippen LogP contribution in [-0.4, -0.2) is 27.0 Å². The molecule has 0 saturated heterocycles. The van der Waals surface area contributed by atoms with Gasteiger partial charge < -0.3 is 19.9 Å². The zero-order valence-corrected chi connectivity index (χ0v) is 8.65. The molecule has 0 radical (unpaired) electrons.